The average molecular weight is 286 g/mol. The Labute approximate surface area is 121 Å². The van der Waals surface area contributed by atoms with Gasteiger partial charge >= 0.3 is 0 Å². The molecule has 110 valence electrons. The maximum absolute atomic E-state index is 11.6. The number of thiocarbonyl (C=S) groups is 1. The maximum Gasteiger partial charge on any atom is 0.221 e. The molecule has 6 heteroatoms. The number of carbonyl (C=O) groups excluding carboxylic acids is 1. The molecule has 0 aromatic carbocycles. The summed E-state index contributed by atoms with van der Waals surface area (Å²) in [6.45, 7) is 10.7. The van der Waals surface area contributed by atoms with Gasteiger partial charge in [0.2, 0.25) is 5.91 Å². The predicted octanol–water partition coefficient (Wildman–Crippen LogP) is 0.193. The van der Waals surface area contributed by atoms with Gasteiger partial charge in [-0.3, -0.25) is 9.69 Å². The van der Waals surface area contributed by atoms with Gasteiger partial charge in [0.25, 0.3) is 0 Å². The highest BCUT2D eigenvalue weighted by molar-refractivity contribution is 7.80. The van der Waals surface area contributed by atoms with Crippen LogP contribution in [0.25, 0.3) is 0 Å². The largest absolute Gasteiger partial charge is 0.392 e. The number of amides is 1. The Balaban J connectivity index is 2.23. The molecule has 0 aliphatic carbocycles. The molecule has 0 bridgehead atoms. The third-order valence-electron chi connectivity index (χ3n) is 3.47. The molecular weight excluding hydrogens is 260 g/mol. The third kappa shape index (κ3) is 5.84. The number of rotatable bonds is 6. The first kappa shape index (κ1) is 16.3. The molecule has 1 fully saturated rings. The van der Waals surface area contributed by atoms with Gasteiger partial charge in [0.05, 0.1) is 11.0 Å². The van der Waals surface area contributed by atoms with E-state index in [4.69, 9.17) is 18.0 Å². The van der Waals surface area contributed by atoms with E-state index in [1.54, 1.807) is 0 Å². The maximum atomic E-state index is 11.6. The second kappa shape index (κ2) is 7.77. The Morgan fingerprint density at radius 3 is 2.32 bits per heavy atom. The van der Waals surface area contributed by atoms with E-state index in [1.807, 2.05) is 20.8 Å². The molecule has 0 aromatic heterocycles. The smallest absolute Gasteiger partial charge is 0.221 e. The fraction of sp³-hybridized carbons (Fsp3) is 0.846. The van der Waals surface area contributed by atoms with Crippen molar-refractivity contribution in [1.29, 1.82) is 0 Å². The van der Waals surface area contributed by atoms with Crippen molar-refractivity contribution in [2.24, 2.45) is 5.73 Å². The monoisotopic (exact) mass is 286 g/mol. The van der Waals surface area contributed by atoms with Gasteiger partial charge in [-0.05, 0) is 20.8 Å². The Morgan fingerprint density at radius 1 is 1.26 bits per heavy atom. The first-order valence-electron chi connectivity index (χ1n) is 6.95. The van der Waals surface area contributed by atoms with Crippen LogP contribution >= 0.6 is 12.2 Å². The summed E-state index contributed by atoms with van der Waals surface area (Å²) in [6.07, 6.45) is 0.572. The van der Waals surface area contributed by atoms with Crippen molar-refractivity contribution in [2.45, 2.75) is 39.3 Å². The quantitative estimate of drug-likeness (QED) is 0.683. The molecule has 1 saturated heterocycles. The summed E-state index contributed by atoms with van der Waals surface area (Å²) in [5.74, 6) is 0.133. The summed E-state index contributed by atoms with van der Waals surface area (Å²) >= 11 is 5.02. The summed E-state index contributed by atoms with van der Waals surface area (Å²) in [6, 6.07) is 0.386. The highest BCUT2D eigenvalue weighted by Crippen LogP contribution is 2.07. The van der Waals surface area contributed by atoms with E-state index in [1.165, 1.54) is 0 Å². The molecule has 0 radical (unpaired) electrons. The Hall–Kier alpha value is -0.720. The van der Waals surface area contributed by atoms with Gasteiger partial charge in [-0.25, -0.2) is 0 Å². The number of carbonyl (C=O) groups is 1. The van der Waals surface area contributed by atoms with E-state index in [-0.39, 0.29) is 18.0 Å². The third-order valence-corrected chi connectivity index (χ3v) is 3.81. The lowest BCUT2D eigenvalue weighted by atomic mass is 10.2. The summed E-state index contributed by atoms with van der Waals surface area (Å²) in [7, 11) is 0. The molecule has 3 N–H and O–H groups in total. The topological polar surface area (TPSA) is 61.6 Å². The van der Waals surface area contributed by atoms with Gasteiger partial charge in [0.1, 0.15) is 0 Å². The number of nitrogens with zero attached hydrogens (tertiary/aromatic N) is 2. The van der Waals surface area contributed by atoms with Gasteiger partial charge in [0.15, 0.2) is 0 Å². The molecule has 5 nitrogen and oxygen atoms in total. The minimum atomic E-state index is 0.133. The highest BCUT2D eigenvalue weighted by atomic mass is 32.1. The van der Waals surface area contributed by atoms with Crippen molar-refractivity contribution in [3.8, 4) is 0 Å². The van der Waals surface area contributed by atoms with Gasteiger partial charge < -0.3 is 16.0 Å². The zero-order valence-electron chi connectivity index (χ0n) is 12.2. The van der Waals surface area contributed by atoms with Crippen molar-refractivity contribution < 1.29 is 4.79 Å². The molecule has 1 amide bonds. The minimum absolute atomic E-state index is 0.133. The zero-order valence-corrected chi connectivity index (χ0v) is 13.0. The predicted molar refractivity (Wildman–Crippen MR) is 82.2 cm³/mol. The van der Waals surface area contributed by atoms with E-state index in [2.05, 4.69) is 15.1 Å². The van der Waals surface area contributed by atoms with Gasteiger partial charge in [-0.1, -0.05) is 12.2 Å². The summed E-state index contributed by atoms with van der Waals surface area (Å²) in [4.78, 5) is 16.8. The molecule has 19 heavy (non-hydrogen) atoms. The Morgan fingerprint density at radius 2 is 1.84 bits per heavy atom. The number of piperazine rings is 1. The fourth-order valence-electron chi connectivity index (χ4n) is 2.21. The van der Waals surface area contributed by atoms with Crippen LogP contribution in [0.3, 0.4) is 0 Å². The number of nitrogens with two attached hydrogens (primary N) is 1. The van der Waals surface area contributed by atoms with Crippen LogP contribution in [-0.4, -0.2) is 65.5 Å². The molecule has 1 aliphatic heterocycles. The normalized spacial score (nSPS) is 19.4. The molecule has 0 saturated carbocycles. The van der Waals surface area contributed by atoms with E-state index in [0.717, 1.165) is 32.7 Å². The number of hydrogen-bond donors (Lipinski definition) is 2. The van der Waals surface area contributed by atoms with E-state index in [9.17, 15) is 4.79 Å². The molecule has 1 rings (SSSR count). The summed E-state index contributed by atoms with van der Waals surface area (Å²) < 4.78 is 0. The lowest BCUT2D eigenvalue weighted by Gasteiger charge is -2.37. The van der Waals surface area contributed by atoms with Crippen molar-refractivity contribution in [3.63, 3.8) is 0 Å². The summed E-state index contributed by atoms with van der Waals surface area (Å²) in [5.41, 5.74) is 5.67. The van der Waals surface area contributed by atoms with E-state index in [0.29, 0.717) is 11.4 Å². The van der Waals surface area contributed by atoms with Crippen molar-refractivity contribution >= 4 is 23.1 Å². The number of nitrogens with one attached hydrogen (secondary N) is 1. The SMILES string of the molecule is CC(C)NC(=O)CCN1CCN(C(C)C(N)=S)CC1. The molecule has 1 unspecified atom stereocenters. The number of hydrogen-bond acceptors (Lipinski definition) is 4. The minimum Gasteiger partial charge on any atom is -0.392 e. The van der Waals surface area contributed by atoms with Crippen LogP contribution < -0.4 is 11.1 Å². The average Bonchev–Trinajstić information content (AvgIpc) is 2.35. The lowest BCUT2D eigenvalue weighted by molar-refractivity contribution is -0.122. The zero-order chi connectivity index (χ0) is 14.4. The van der Waals surface area contributed by atoms with Crippen molar-refractivity contribution in [3.05, 3.63) is 0 Å². The Bertz CT molecular complexity index is 314. The first-order valence-corrected chi connectivity index (χ1v) is 7.36. The standard InChI is InChI=1S/C13H26N4OS/c1-10(2)15-12(18)4-5-16-6-8-17(9-7-16)11(3)13(14)19/h10-11H,4-9H2,1-3H3,(H2,14,19)(H,15,18). The molecule has 0 aromatic rings. The van der Waals surface area contributed by atoms with Gasteiger partial charge in [-0.15, -0.1) is 0 Å². The Kier molecular flexibility index (Phi) is 6.68. The lowest BCUT2D eigenvalue weighted by Crippen LogP contribution is -2.53. The van der Waals surface area contributed by atoms with Gasteiger partial charge in [-0.2, -0.15) is 0 Å². The second-order valence-corrected chi connectivity index (χ2v) is 5.90. The molecule has 1 aliphatic rings. The van der Waals surface area contributed by atoms with Crippen LogP contribution in [0.4, 0.5) is 0 Å². The first-order chi connectivity index (χ1) is 8.90. The van der Waals surface area contributed by atoms with Crippen molar-refractivity contribution in [1.82, 2.24) is 15.1 Å². The van der Waals surface area contributed by atoms with Crippen LogP contribution in [-0.2, 0) is 4.79 Å². The molecule has 1 heterocycles. The van der Waals surface area contributed by atoms with Crippen LogP contribution in [0.15, 0.2) is 0 Å². The van der Waals surface area contributed by atoms with E-state index >= 15 is 0 Å². The van der Waals surface area contributed by atoms with Crippen LogP contribution in [0, 0.1) is 0 Å². The summed E-state index contributed by atoms with van der Waals surface area (Å²) in [5, 5.41) is 2.91. The fourth-order valence-corrected chi connectivity index (χ4v) is 2.36. The van der Waals surface area contributed by atoms with Gasteiger partial charge in [0, 0.05) is 45.2 Å². The van der Waals surface area contributed by atoms with E-state index < -0.39 is 0 Å². The van der Waals surface area contributed by atoms with Crippen molar-refractivity contribution in [2.75, 3.05) is 32.7 Å². The second-order valence-electron chi connectivity index (χ2n) is 5.43. The molecular formula is C13H26N4OS. The van der Waals surface area contributed by atoms with Crippen LogP contribution in [0.2, 0.25) is 0 Å². The molecule has 1 atom stereocenters. The molecule has 0 spiro atoms. The van der Waals surface area contributed by atoms with Crippen LogP contribution in [0.1, 0.15) is 27.2 Å². The van der Waals surface area contributed by atoms with Crippen LogP contribution in [0.5, 0.6) is 0 Å². The highest BCUT2D eigenvalue weighted by Gasteiger charge is 2.22.